The summed E-state index contributed by atoms with van der Waals surface area (Å²) in [6.07, 6.45) is 5.60. The summed E-state index contributed by atoms with van der Waals surface area (Å²) in [4.78, 5) is 39.4. The first-order valence-corrected chi connectivity index (χ1v) is 11.0. The van der Waals surface area contributed by atoms with Gasteiger partial charge in [0.25, 0.3) is 5.91 Å². The van der Waals surface area contributed by atoms with Crippen molar-refractivity contribution in [2.24, 2.45) is 0 Å². The first kappa shape index (κ1) is 20.4. The van der Waals surface area contributed by atoms with Crippen LogP contribution < -0.4 is 5.43 Å². The van der Waals surface area contributed by atoms with Gasteiger partial charge in [-0.3, -0.25) is 14.5 Å². The fourth-order valence-electron chi connectivity index (χ4n) is 4.36. The molecular weight excluding hydrogens is 404 g/mol. The topological polar surface area (TPSA) is 75.7 Å². The van der Waals surface area contributed by atoms with Crippen LogP contribution in [0.3, 0.4) is 0 Å². The van der Waals surface area contributed by atoms with Crippen LogP contribution in [-0.4, -0.2) is 60.8 Å². The molecule has 0 aliphatic carbocycles. The quantitative estimate of drug-likeness (QED) is 0.497. The molecule has 4 aromatic rings. The summed E-state index contributed by atoms with van der Waals surface area (Å²) in [6, 6.07) is 9.56. The van der Waals surface area contributed by atoms with E-state index in [0.29, 0.717) is 30.7 Å². The highest BCUT2D eigenvalue weighted by Gasteiger charge is 2.25. The second-order valence-electron chi connectivity index (χ2n) is 8.23. The number of carbonyl (C=O) groups is 1. The minimum Gasteiger partial charge on any atom is -0.336 e. The molecule has 4 aromatic heterocycles. The molecule has 1 saturated heterocycles. The van der Waals surface area contributed by atoms with Gasteiger partial charge in [0.05, 0.1) is 17.3 Å². The molecule has 0 atom stereocenters. The zero-order valence-corrected chi connectivity index (χ0v) is 18.4. The number of nitrogens with zero attached hydrogens (tertiary/aromatic N) is 6. The molecule has 8 heteroatoms. The molecule has 0 aromatic carbocycles. The van der Waals surface area contributed by atoms with Gasteiger partial charge < -0.3 is 13.9 Å². The maximum Gasteiger partial charge on any atom is 0.259 e. The summed E-state index contributed by atoms with van der Waals surface area (Å²) >= 11 is 0. The molecule has 1 amide bonds. The number of hydrogen-bond acceptors (Lipinski definition) is 5. The summed E-state index contributed by atoms with van der Waals surface area (Å²) < 4.78 is 3.98. The monoisotopic (exact) mass is 430 g/mol. The molecular formula is C24H26N6O2. The van der Waals surface area contributed by atoms with Gasteiger partial charge in [-0.25, -0.2) is 9.97 Å². The number of fused-ring (bicyclic) bond motifs is 2. The average molecular weight is 431 g/mol. The molecule has 164 valence electrons. The summed E-state index contributed by atoms with van der Waals surface area (Å²) in [5.74, 6) is -0.200. The fraction of sp³-hybridized carbons (Fsp3) is 0.333. The van der Waals surface area contributed by atoms with Gasteiger partial charge in [-0.1, -0.05) is 6.07 Å². The van der Waals surface area contributed by atoms with Gasteiger partial charge in [-0.05, 0) is 38.1 Å². The predicted octanol–water partition coefficient (Wildman–Crippen LogP) is 2.33. The van der Waals surface area contributed by atoms with Gasteiger partial charge in [-0.2, -0.15) is 0 Å². The van der Waals surface area contributed by atoms with E-state index in [1.54, 1.807) is 17.2 Å². The second kappa shape index (κ2) is 8.20. The Hall–Kier alpha value is -3.52. The van der Waals surface area contributed by atoms with E-state index < -0.39 is 0 Å². The van der Waals surface area contributed by atoms with Crippen LogP contribution in [0.15, 0.2) is 53.7 Å². The Morgan fingerprint density at radius 3 is 2.69 bits per heavy atom. The van der Waals surface area contributed by atoms with Crippen LogP contribution in [0.1, 0.15) is 28.7 Å². The standard InChI is InChI=1S/C24H26N6O2/c1-3-28-16-20(22(31)19-8-7-17(2)26-23(19)28)24(32)29-12-10-27(11-13-29)15-18-14-25-21-6-4-5-9-30(18)21/h4-9,14,16H,3,10-13,15H2,1-2H3. The third kappa shape index (κ3) is 3.56. The Morgan fingerprint density at radius 2 is 1.91 bits per heavy atom. The average Bonchev–Trinajstić information content (AvgIpc) is 3.22. The molecule has 1 fully saturated rings. The van der Waals surface area contributed by atoms with Crippen molar-refractivity contribution in [3.8, 4) is 0 Å². The highest BCUT2D eigenvalue weighted by Crippen LogP contribution is 2.15. The number of rotatable bonds is 4. The number of amides is 1. The van der Waals surface area contributed by atoms with Crippen LogP contribution in [0.5, 0.6) is 0 Å². The molecule has 1 aliphatic heterocycles. The molecule has 0 saturated carbocycles. The van der Waals surface area contributed by atoms with E-state index >= 15 is 0 Å². The lowest BCUT2D eigenvalue weighted by atomic mass is 10.1. The molecule has 0 N–H and O–H groups in total. The first-order valence-electron chi connectivity index (χ1n) is 11.0. The number of aromatic nitrogens is 4. The number of imidazole rings is 1. The fourth-order valence-corrected chi connectivity index (χ4v) is 4.36. The van der Waals surface area contributed by atoms with E-state index in [-0.39, 0.29) is 16.9 Å². The molecule has 1 aliphatic rings. The van der Waals surface area contributed by atoms with Crippen LogP contribution in [0.4, 0.5) is 0 Å². The minimum atomic E-state index is -0.240. The highest BCUT2D eigenvalue weighted by atomic mass is 16.2. The number of carbonyl (C=O) groups excluding carboxylic acids is 1. The Labute approximate surface area is 185 Å². The van der Waals surface area contributed by atoms with Crippen LogP contribution in [0, 0.1) is 6.92 Å². The molecule has 0 bridgehead atoms. The van der Waals surface area contributed by atoms with Crippen LogP contribution in [0.2, 0.25) is 0 Å². The number of pyridine rings is 3. The lowest BCUT2D eigenvalue weighted by Gasteiger charge is -2.34. The molecule has 32 heavy (non-hydrogen) atoms. The van der Waals surface area contributed by atoms with Gasteiger partial charge in [0.2, 0.25) is 5.43 Å². The molecule has 0 unspecified atom stereocenters. The smallest absolute Gasteiger partial charge is 0.259 e. The molecule has 0 spiro atoms. The van der Waals surface area contributed by atoms with Crippen molar-refractivity contribution in [1.29, 1.82) is 0 Å². The van der Waals surface area contributed by atoms with Crippen molar-refractivity contribution in [1.82, 2.24) is 28.7 Å². The van der Waals surface area contributed by atoms with Crippen molar-refractivity contribution >= 4 is 22.6 Å². The largest absolute Gasteiger partial charge is 0.336 e. The van der Waals surface area contributed by atoms with Crippen molar-refractivity contribution in [3.63, 3.8) is 0 Å². The van der Waals surface area contributed by atoms with Crippen LogP contribution in [0.25, 0.3) is 16.7 Å². The molecule has 5 heterocycles. The summed E-state index contributed by atoms with van der Waals surface area (Å²) in [5, 5.41) is 0.495. The zero-order chi connectivity index (χ0) is 22.2. The molecule has 0 radical (unpaired) electrons. The van der Waals surface area contributed by atoms with E-state index in [4.69, 9.17) is 0 Å². The Kier molecular flexibility index (Phi) is 5.22. The Balaban J connectivity index is 1.33. The minimum absolute atomic E-state index is 0.200. The lowest BCUT2D eigenvalue weighted by Crippen LogP contribution is -2.49. The van der Waals surface area contributed by atoms with Crippen molar-refractivity contribution < 1.29 is 4.79 Å². The van der Waals surface area contributed by atoms with E-state index in [1.807, 2.05) is 55.1 Å². The third-order valence-electron chi connectivity index (χ3n) is 6.17. The maximum atomic E-state index is 13.3. The van der Waals surface area contributed by atoms with E-state index in [2.05, 4.69) is 19.3 Å². The molecule has 8 nitrogen and oxygen atoms in total. The predicted molar refractivity (Wildman–Crippen MR) is 123 cm³/mol. The number of piperazine rings is 1. The van der Waals surface area contributed by atoms with Crippen molar-refractivity contribution in [3.05, 3.63) is 76.1 Å². The van der Waals surface area contributed by atoms with Crippen molar-refractivity contribution in [2.45, 2.75) is 26.9 Å². The number of aryl methyl sites for hydroxylation is 2. The van der Waals surface area contributed by atoms with Gasteiger partial charge in [-0.15, -0.1) is 0 Å². The summed E-state index contributed by atoms with van der Waals surface area (Å²) in [6.45, 7) is 7.98. The number of hydrogen-bond donors (Lipinski definition) is 0. The van der Waals surface area contributed by atoms with E-state index in [0.717, 1.165) is 36.7 Å². The first-order chi connectivity index (χ1) is 15.5. The maximum absolute atomic E-state index is 13.3. The van der Waals surface area contributed by atoms with Crippen LogP contribution in [-0.2, 0) is 13.1 Å². The van der Waals surface area contributed by atoms with Crippen LogP contribution >= 0.6 is 0 Å². The van der Waals surface area contributed by atoms with Gasteiger partial charge in [0, 0.05) is 57.4 Å². The highest BCUT2D eigenvalue weighted by molar-refractivity contribution is 5.97. The normalized spacial score (nSPS) is 15.0. The summed E-state index contributed by atoms with van der Waals surface area (Å²) in [7, 11) is 0. The van der Waals surface area contributed by atoms with E-state index in [9.17, 15) is 9.59 Å². The van der Waals surface area contributed by atoms with Crippen molar-refractivity contribution in [2.75, 3.05) is 26.2 Å². The second-order valence-corrected chi connectivity index (χ2v) is 8.23. The zero-order valence-electron chi connectivity index (χ0n) is 18.4. The summed E-state index contributed by atoms with van der Waals surface area (Å²) in [5.41, 5.74) is 3.52. The van der Waals surface area contributed by atoms with Gasteiger partial charge >= 0.3 is 0 Å². The van der Waals surface area contributed by atoms with Gasteiger partial charge in [0.1, 0.15) is 16.9 Å². The lowest BCUT2D eigenvalue weighted by molar-refractivity contribution is 0.0625. The van der Waals surface area contributed by atoms with E-state index in [1.165, 1.54) is 0 Å². The Morgan fingerprint density at radius 1 is 1.09 bits per heavy atom. The third-order valence-corrected chi connectivity index (χ3v) is 6.17. The SMILES string of the molecule is CCn1cc(C(=O)N2CCN(Cc3cnc4ccccn34)CC2)c(=O)c2ccc(C)nc21. The van der Waals surface area contributed by atoms with Gasteiger partial charge in [0.15, 0.2) is 0 Å². The Bertz CT molecular complexity index is 1360. The molecule has 5 rings (SSSR count).